The van der Waals surface area contributed by atoms with E-state index in [0.717, 1.165) is 50.0 Å². The van der Waals surface area contributed by atoms with E-state index in [1.165, 1.54) is 11.1 Å². The number of hydrogen-bond donors (Lipinski definition) is 1. The molecule has 0 saturated carbocycles. The second kappa shape index (κ2) is 9.61. The highest BCUT2D eigenvalue weighted by Crippen LogP contribution is 2.37. The van der Waals surface area contributed by atoms with Crippen molar-refractivity contribution in [2.24, 2.45) is 0 Å². The highest BCUT2D eigenvalue weighted by molar-refractivity contribution is 7.17. The molecule has 5 aromatic rings. The third-order valence-corrected chi connectivity index (χ3v) is 6.62. The number of anilines is 2. The fourth-order valence-electron chi connectivity index (χ4n) is 3.62. The first kappa shape index (κ1) is 21.4. The minimum absolute atomic E-state index is 0.492. The molecule has 0 unspecified atom stereocenters. The van der Waals surface area contributed by atoms with Crippen LogP contribution in [0.5, 0.6) is 5.75 Å². The highest BCUT2D eigenvalue weighted by Gasteiger charge is 2.13. The maximum absolute atomic E-state index is 5.94. The molecule has 0 bridgehead atoms. The van der Waals surface area contributed by atoms with Gasteiger partial charge in [-0.25, -0.2) is 9.97 Å². The number of halogens is 1. The third kappa shape index (κ3) is 4.85. The number of ether oxygens (including phenoxy) is 1. The summed E-state index contributed by atoms with van der Waals surface area (Å²) < 4.78 is 5.90. The van der Waals surface area contributed by atoms with Crippen LogP contribution in [0.3, 0.4) is 0 Å². The molecule has 0 aliphatic rings. The standard InChI is InChI=1S/C27H22ClN3OS/c1-2-18-3-7-20(8-4-18)24-16-33-27-25(24)26(29-17-30-27)31-22-11-13-23(14-12-22)32-15-19-5-9-21(28)10-6-19/h3-14,16-17H,2,15H2,1H3,(H,29,30,31). The van der Waals surface area contributed by atoms with E-state index in [0.29, 0.717) is 6.61 Å². The second-order valence-electron chi connectivity index (χ2n) is 7.67. The molecule has 2 heterocycles. The van der Waals surface area contributed by atoms with Crippen LogP contribution in [-0.2, 0) is 13.0 Å². The molecule has 0 radical (unpaired) electrons. The molecule has 0 saturated heterocycles. The Morgan fingerprint density at radius 3 is 2.33 bits per heavy atom. The number of aryl methyl sites for hydroxylation is 1. The molecule has 2 aromatic heterocycles. The van der Waals surface area contributed by atoms with Gasteiger partial charge in [-0.05, 0) is 59.5 Å². The molecule has 33 heavy (non-hydrogen) atoms. The van der Waals surface area contributed by atoms with Crippen molar-refractivity contribution in [3.8, 4) is 16.9 Å². The zero-order valence-corrected chi connectivity index (χ0v) is 19.7. The van der Waals surface area contributed by atoms with Gasteiger partial charge < -0.3 is 10.1 Å². The summed E-state index contributed by atoms with van der Waals surface area (Å²) in [6.45, 7) is 2.66. The summed E-state index contributed by atoms with van der Waals surface area (Å²) in [6.07, 6.45) is 2.63. The molecule has 1 N–H and O–H groups in total. The van der Waals surface area contributed by atoms with Gasteiger partial charge in [0.25, 0.3) is 0 Å². The van der Waals surface area contributed by atoms with Gasteiger partial charge in [-0.15, -0.1) is 11.3 Å². The van der Waals surface area contributed by atoms with Crippen molar-refractivity contribution in [1.29, 1.82) is 0 Å². The molecular formula is C27H22ClN3OS. The summed E-state index contributed by atoms with van der Waals surface area (Å²) in [5.41, 5.74) is 5.64. The number of nitrogens with one attached hydrogen (secondary N) is 1. The molecule has 6 heteroatoms. The monoisotopic (exact) mass is 471 g/mol. The first-order chi connectivity index (χ1) is 16.2. The predicted octanol–water partition coefficient (Wildman–Crippen LogP) is 7.90. The van der Waals surface area contributed by atoms with Gasteiger partial charge in [0.1, 0.15) is 29.3 Å². The Morgan fingerprint density at radius 2 is 1.61 bits per heavy atom. The summed E-state index contributed by atoms with van der Waals surface area (Å²) in [5, 5.41) is 7.37. The van der Waals surface area contributed by atoms with E-state index in [-0.39, 0.29) is 0 Å². The Morgan fingerprint density at radius 1 is 0.879 bits per heavy atom. The first-order valence-electron chi connectivity index (χ1n) is 10.8. The van der Waals surface area contributed by atoms with Crippen LogP contribution in [0.2, 0.25) is 5.02 Å². The minimum atomic E-state index is 0.492. The average Bonchev–Trinajstić information content (AvgIpc) is 3.30. The van der Waals surface area contributed by atoms with Crippen molar-refractivity contribution in [3.63, 3.8) is 0 Å². The zero-order valence-electron chi connectivity index (χ0n) is 18.1. The molecular weight excluding hydrogens is 450 g/mol. The van der Waals surface area contributed by atoms with Crippen LogP contribution >= 0.6 is 22.9 Å². The van der Waals surface area contributed by atoms with Crippen molar-refractivity contribution in [2.45, 2.75) is 20.0 Å². The van der Waals surface area contributed by atoms with Crippen LogP contribution in [0.15, 0.2) is 84.5 Å². The van der Waals surface area contributed by atoms with Gasteiger partial charge in [-0.1, -0.05) is 54.9 Å². The van der Waals surface area contributed by atoms with Gasteiger partial charge in [0.2, 0.25) is 0 Å². The molecule has 4 nitrogen and oxygen atoms in total. The van der Waals surface area contributed by atoms with E-state index < -0.39 is 0 Å². The molecule has 3 aromatic carbocycles. The van der Waals surface area contributed by atoms with E-state index in [1.807, 2.05) is 48.5 Å². The van der Waals surface area contributed by atoms with E-state index >= 15 is 0 Å². The van der Waals surface area contributed by atoms with Gasteiger partial charge in [0, 0.05) is 21.7 Å². The summed E-state index contributed by atoms with van der Waals surface area (Å²) in [6, 6.07) is 24.3. The summed E-state index contributed by atoms with van der Waals surface area (Å²) in [5.74, 6) is 1.60. The first-order valence-corrected chi connectivity index (χ1v) is 12.0. The van der Waals surface area contributed by atoms with Crippen LogP contribution in [0, 0.1) is 0 Å². The van der Waals surface area contributed by atoms with Crippen LogP contribution in [0.4, 0.5) is 11.5 Å². The van der Waals surface area contributed by atoms with E-state index in [2.05, 4.69) is 51.9 Å². The van der Waals surface area contributed by atoms with Crippen molar-refractivity contribution in [3.05, 3.63) is 101 Å². The molecule has 0 aliphatic carbocycles. The Balaban J connectivity index is 1.35. The number of hydrogen-bond acceptors (Lipinski definition) is 5. The Bertz CT molecular complexity index is 1360. The van der Waals surface area contributed by atoms with E-state index in [4.69, 9.17) is 16.3 Å². The average molecular weight is 472 g/mol. The number of thiophene rings is 1. The molecule has 0 amide bonds. The number of aromatic nitrogens is 2. The lowest BCUT2D eigenvalue weighted by Gasteiger charge is -2.10. The molecule has 0 aliphatic heterocycles. The predicted molar refractivity (Wildman–Crippen MR) is 138 cm³/mol. The molecule has 0 spiro atoms. The van der Waals surface area contributed by atoms with Gasteiger partial charge in [-0.2, -0.15) is 0 Å². The smallest absolute Gasteiger partial charge is 0.143 e. The number of nitrogens with zero attached hydrogens (tertiary/aromatic N) is 2. The van der Waals surface area contributed by atoms with Gasteiger partial charge in [-0.3, -0.25) is 0 Å². The van der Waals surface area contributed by atoms with Crippen molar-refractivity contribution < 1.29 is 4.74 Å². The van der Waals surface area contributed by atoms with Crippen LogP contribution in [0.1, 0.15) is 18.1 Å². The normalized spacial score (nSPS) is 11.0. The lowest BCUT2D eigenvalue weighted by molar-refractivity contribution is 0.306. The number of fused-ring (bicyclic) bond motifs is 1. The Hall–Kier alpha value is -3.41. The van der Waals surface area contributed by atoms with Crippen molar-refractivity contribution in [1.82, 2.24) is 9.97 Å². The van der Waals surface area contributed by atoms with Gasteiger partial charge in [0.15, 0.2) is 0 Å². The van der Waals surface area contributed by atoms with Crippen molar-refractivity contribution >= 4 is 44.7 Å². The van der Waals surface area contributed by atoms with Crippen molar-refractivity contribution in [2.75, 3.05) is 5.32 Å². The zero-order chi connectivity index (χ0) is 22.6. The maximum atomic E-state index is 5.94. The van der Waals surface area contributed by atoms with Crippen LogP contribution in [-0.4, -0.2) is 9.97 Å². The lowest BCUT2D eigenvalue weighted by Crippen LogP contribution is -1.97. The quantitative estimate of drug-likeness (QED) is 0.262. The largest absolute Gasteiger partial charge is 0.489 e. The molecule has 0 atom stereocenters. The van der Waals surface area contributed by atoms with Gasteiger partial charge in [0.05, 0.1) is 5.39 Å². The van der Waals surface area contributed by atoms with Crippen LogP contribution < -0.4 is 10.1 Å². The Labute approximate surface area is 201 Å². The molecule has 0 fully saturated rings. The van der Waals surface area contributed by atoms with E-state index in [9.17, 15) is 0 Å². The van der Waals surface area contributed by atoms with Gasteiger partial charge >= 0.3 is 0 Å². The molecule has 5 rings (SSSR count). The SMILES string of the molecule is CCc1ccc(-c2csc3ncnc(Nc4ccc(OCc5ccc(Cl)cc5)cc4)c23)cc1. The summed E-state index contributed by atoms with van der Waals surface area (Å²) >= 11 is 7.57. The Kier molecular flexibility index (Phi) is 6.24. The fraction of sp³-hybridized carbons (Fsp3) is 0.111. The second-order valence-corrected chi connectivity index (χ2v) is 8.96. The lowest BCUT2D eigenvalue weighted by atomic mass is 10.0. The fourth-order valence-corrected chi connectivity index (χ4v) is 4.66. The minimum Gasteiger partial charge on any atom is -0.489 e. The van der Waals surface area contributed by atoms with E-state index in [1.54, 1.807) is 17.7 Å². The third-order valence-electron chi connectivity index (χ3n) is 5.48. The number of rotatable bonds is 7. The maximum Gasteiger partial charge on any atom is 0.143 e. The summed E-state index contributed by atoms with van der Waals surface area (Å²) in [4.78, 5) is 9.98. The molecule has 164 valence electrons. The summed E-state index contributed by atoms with van der Waals surface area (Å²) in [7, 11) is 0. The highest BCUT2D eigenvalue weighted by atomic mass is 35.5. The van der Waals surface area contributed by atoms with Crippen LogP contribution in [0.25, 0.3) is 21.3 Å². The number of benzene rings is 3. The topological polar surface area (TPSA) is 47.0 Å².